The van der Waals surface area contributed by atoms with E-state index in [-0.39, 0.29) is 29.3 Å². The van der Waals surface area contributed by atoms with Gasteiger partial charge >= 0.3 is 0 Å². The number of halogens is 2. The van der Waals surface area contributed by atoms with Crippen LogP contribution >= 0.6 is 0 Å². The third-order valence-corrected chi connectivity index (χ3v) is 5.93. The summed E-state index contributed by atoms with van der Waals surface area (Å²) in [5.74, 6) is -2.55. The summed E-state index contributed by atoms with van der Waals surface area (Å²) in [4.78, 5) is 31.3. The van der Waals surface area contributed by atoms with Gasteiger partial charge in [0.2, 0.25) is 5.91 Å². The summed E-state index contributed by atoms with van der Waals surface area (Å²) in [5.41, 5.74) is 0.351. The van der Waals surface area contributed by atoms with Crippen molar-refractivity contribution in [3.05, 3.63) is 65.5 Å². The first-order chi connectivity index (χ1) is 13.5. The number of likely N-dealkylation sites (tertiary alicyclic amines) is 1. The molecule has 2 aliphatic rings. The first-order valence-electron chi connectivity index (χ1n) is 9.40. The molecule has 5 nitrogen and oxygen atoms in total. The van der Waals surface area contributed by atoms with Crippen LogP contribution in [0.25, 0.3) is 0 Å². The first kappa shape index (κ1) is 18.5. The van der Waals surface area contributed by atoms with Crippen LogP contribution in [-0.2, 0) is 11.3 Å². The van der Waals surface area contributed by atoms with Gasteiger partial charge in [0, 0.05) is 30.8 Å². The molecule has 2 heterocycles. The Bertz CT molecular complexity index is 900. The number of hydrogen-bond donors (Lipinski definition) is 1. The van der Waals surface area contributed by atoms with Crippen molar-refractivity contribution in [1.29, 1.82) is 0 Å². The third-order valence-electron chi connectivity index (χ3n) is 5.93. The van der Waals surface area contributed by atoms with Crippen molar-refractivity contribution in [3.63, 3.8) is 0 Å². The molecular weight excluding hydrogens is 364 g/mol. The van der Waals surface area contributed by atoms with Crippen molar-refractivity contribution >= 4 is 11.8 Å². The maximum Gasteiger partial charge on any atom is 0.256 e. The van der Waals surface area contributed by atoms with E-state index in [0.717, 1.165) is 37.1 Å². The van der Waals surface area contributed by atoms with Crippen LogP contribution in [0.5, 0.6) is 0 Å². The topological polar surface area (TPSA) is 62.3 Å². The zero-order chi connectivity index (χ0) is 19.7. The van der Waals surface area contributed by atoms with Crippen LogP contribution in [0.15, 0.2) is 42.6 Å². The lowest BCUT2D eigenvalue weighted by Gasteiger charge is -2.41. The van der Waals surface area contributed by atoms with Crippen LogP contribution in [-0.4, -0.2) is 34.8 Å². The molecule has 1 saturated heterocycles. The fourth-order valence-electron chi connectivity index (χ4n) is 4.26. The molecule has 4 rings (SSSR count). The summed E-state index contributed by atoms with van der Waals surface area (Å²) in [6.07, 6.45) is 4.41. The van der Waals surface area contributed by atoms with Gasteiger partial charge in [-0.1, -0.05) is 12.5 Å². The average Bonchev–Trinajstić information content (AvgIpc) is 3.08. The van der Waals surface area contributed by atoms with Crippen LogP contribution in [0, 0.1) is 23.0 Å². The molecule has 146 valence electrons. The van der Waals surface area contributed by atoms with Gasteiger partial charge in [0.15, 0.2) is 0 Å². The maximum absolute atomic E-state index is 14.0. The summed E-state index contributed by atoms with van der Waals surface area (Å²) in [7, 11) is 0. The molecule has 1 saturated carbocycles. The minimum absolute atomic E-state index is 0.111. The standard InChI is InChI=1S/C21H21F2N3O2/c22-14-5-6-16(18(23)10-14)20(28)26-12-17(21(13-26)7-3-8-21)19(27)25-11-15-4-1-2-9-24-15/h1-2,4-6,9-10,17H,3,7-8,11-13H2,(H,25,27). The van der Waals surface area contributed by atoms with E-state index in [9.17, 15) is 18.4 Å². The summed E-state index contributed by atoms with van der Waals surface area (Å²) in [5, 5.41) is 2.92. The number of carbonyl (C=O) groups is 2. The number of aromatic nitrogens is 1. The number of pyridine rings is 1. The van der Waals surface area contributed by atoms with Crippen molar-refractivity contribution in [2.75, 3.05) is 13.1 Å². The molecule has 1 aliphatic heterocycles. The second-order valence-corrected chi connectivity index (χ2v) is 7.62. The Kier molecular flexibility index (Phi) is 4.83. The Balaban J connectivity index is 1.48. The Morgan fingerprint density at radius 1 is 1.21 bits per heavy atom. The minimum atomic E-state index is -0.879. The van der Waals surface area contributed by atoms with Gasteiger partial charge in [-0.3, -0.25) is 14.6 Å². The van der Waals surface area contributed by atoms with Gasteiger partial charge in [-0.05, 0) is 37.1 Å². The third kappa shape index (κ3) is 3.37. The first-order valence-corrected chi connectivity index (χ1v) is 9.40. The van der Waals surface area contributed by atoms with Gasteiger partial charge < -0.3 is 10.2 Å². The number of carbonyl (C=O) groups excluding carboxylic acids is 2. The van der Waals surface area contributed by atoms with Gasteiger partial charge in [0.05, 0.1) is 23.7 Å². The lowest BCUT2D eigenvalue weighted by Crippen LogP contribution is -2.45. The van der Waals surface area contributed by atoms with Gasteiger partial charge in [-0.25, -0.2) is 8.78 Å². The monoisotopic (exact) mass is 385 g/mol. The number of benzene rings is 1. The van der Waals surface area contributed by atoms with Crippen LogP contribution in [0.2, 0.25) is 0 Å². The molecular formula is C21H21F2N3O2. The number of nitrogens with one attached hydrogen (secondary N) is 1. The molecule has 2 aromatic rings. The Labute approximate surface area is 161 Å². The van der Waals surface area contributed by atoms with Gasteiger partial charge in [-0.15, -0.1) is 0 Å². The minimum Gasteiger partial charge on any atom is -0.350 e. The predicted octanol–water partition coefficient (Wildman–Crippen LogP) is 2.92. The van der Waals surface area contributed by atoms with Crippen molar-refractivity contribution < 1.29 is 18.4 Å². The lowest BCUT2D eigenvalue weighted by molar-refractivity contribution is -0.129. The fourth-order valence-corrected chi connectivity index (χ4v) is 4.26. The molecule has 1 aromatic carbocycles. The van der Waals surface area contributed by atoms with Crippen LogP contribution in [0.3, 0.4) is 0 Å². The number of hydrogen-bond acceptors (Lipinski definition) is 3. The molecule has 2 fully saturated rings. The number of rotatable bonds is 4. The summed E-state index contributed by atoms with van der Waals surface area (Å²) < 4.78 is 27.2. The predicted molar refractivity (Wildman–Crippen MR) is 98.1 cm³/mol. The highest BCUT2D eigenvalue weighted by atomic mass is 19.1. The molecule has 1 atom stereocenters. The SMILES string of the molecule is O=C(NCc1ccccn1)C1CN(C(=O)c2ccc(F)cc2F)CC12CCC2. The molecule has 1 N–H and O–H groups in total. The van der Waals surface area contributed by atoms with Crippen LogP contribution < -0.4 is 5.32 Å². The van der Waals surface area contributed by atoms with E-state index < -0.39 is 17.5 Å². The van der Waals surface area contributed by atoms with Gasteiger partial charge in [0.1, 0.15) is 11.6 Å². The average molecular weight is 385 g/mol. The summed E-state index contributed by atoms with van der Waals surface area (Å²) in [6, 6.07) is 8.44. The number of amides is 2. The van der Waals surface area contributed by atoms with Crippen molar-refractivity contribution in [3.8, 4) is 0 Å². The highest BCUT2D eigenvalue weighted by Gasteiger charge is 2.54. The lowest BCUT2D eigenvalue weighted by atomic mass is 9.62. The largest absolute Gasteiger partial charge is 0.350 e. The molecule has 1 aromatic heterocycles. The highest BCUT2D eigenvalue weighted by Crippen LogP contribution is 2.52. The fraction of sp³-hybridized carbons (Fsp3) is 0.381. The van der Waals surface area contributed by atoms with Crippen molar-refractivity contribution in [2.24, 2.45) is 11.3 Å². The van der Waals surface area contributed by atoms with Crippen LogP contribution in [0.1, 0.15) is 35.3 Å². The van der Waals surface area contributed by atoms with E-state index in [1.807, 2.05) is 18.2 Å². The second kappa shape index (κ2) is 7.30. The molecule has 0 radical (unpaired) electrons. The normalized spacial score (nSPS) is 20.1. The molecule has 7 heteroatoms. The Morgan fingerprint density at radius 2 is 2.04 bits per heavy atom. The molecule has 0 bridgehead atoms. The van der Waals surface area contributed by atoms with Crippen LogP contribution in [0.4, 0.5) is 8.78 Å². The van der Waals surface area contributed by atoms with E-state index in [1.165, 1.54) is 4.90 Å². The highest BCUT2D eigenvalue weighted by molar-refractivity contribution is 5.95. The number of nitrogens with zero attached hydrogens (tertiary/aromatic N) is 2. The van der Waals surface area contributed by atoms with E-state index >= 15 is 0 Å². The molecule has 1 unspecified atom stereocenters. The molecule has 1 aliphatic carbocycles. The van der Waals surface area contributed by atoms with E-state index in [2.05, 4.69) is 10.3 Å². The maximum atomic E-state index is 14.0. The van der Waals surface area contributed by atoms with Crippen molar-refractivity contribution in [2.45, 2.75) is 25.8 Å². The quantitative estimate of drug-likeness (QED) is 0.880. The second-order valence-electron chi connectivity index (χ2n) is 7.62. The summed E-state index contributed by atoms with van der Waals surface area (Å²) in [6.45, 7) is 0.987. The Hall–Kier alpha value is -2.83. The van der Waals surface area contributed by atoms with Gasteiger partial charge in [0.25, 0.3) is 5.91 Å². The Morgan fingerprint density at radius 3 is 2.68 bits per heavy atom. The zero-order valence-corrected chi connectivity index (χ0v) is 15.3. The van der Waals surface area contributed by atoms with E-state index in [1.54, 1.807) is 6.20 Å². The molecule has 2 amide bonds. The zero-order valence-electron chi connectivity index (χ0n) is 15.3. The molecule has 1 spiro atoms. The summed E-state index contributed by atoms with van der Waals surface area (Å²) >= 11 is 0. The smallest absolute Gasteiger partial charge is 0.256 e. The van der Waals surface area contributed by atoms with Gasteiger partial charge in [-0.2, -0.15) is 0 Å². The molecule has 28 heavy (non-hydrogen) atoms. The van der Waals surface area contributed by atoms with E-state index in [0.29, 0.717) is 19.2 Å². The van der Waals surface area contributed by atoms with E-state index in [4.69, 9.17) is 0 Å². The van der Waals surface area contributed by atoms with Crippen molar-refractivity contribution in [1.82, 2.24) is 15.2 Å².